The third kappa shape index (κ3) is 2.72. The highest BCUT2D eigenvalue weighted by Crippen LogP contribution is 2.27. The van der Waals surface area contributed by atoms with Gasteiger partial charge in [-0.05, 0) is 42.8 Å². The van der Waals surface area contributed by atoms with E-state index in [4.69, 9.17) is 5.11 Å². The average molecular weight is 339 g/mol. The largest absolute Gasteiger partial charge is 0.481 e. The number of carboxylic acids is 1. The molecule has 20 heavy (non-hydrogen) atoms. The van der Waals surface area contributed by atoms with Gasteiger partial charge in [0.1, 0.15) is 0 Å². The van der Waals surface area contributed by atoms with E-state index in [2.05, 4.69) is 31.5 Å². The minimum absolute atomic E-state index is 0.336. The van der Waals surface area contributed by atoms with Crippen LogP contribution in [0.5, 0.6) is 0 Å². The highest BCUT2D eigenvalue weighted by Gasteiger charge is 2.25. The maximum Gasteiger partial charge on any atom is 0.308 e. The topological polar surface area (TPSA) is 80.9 Å². The number of aromatic nitrogens is 4. The summed E-state index contributed by atoms with van der Waals surface area (Å²) in [7, 11) is 0. The molecule has 0 aliphatic carbocycles. The predicted octanol–water partition coefficient (Wildman–Crippen LogP) is 2.69. The summed E-state index contributed by atoms with van der Waals surface area (Å²) in [5, 5.41) is 20.7. The van der Waals surface area contributed by atoms with Crippen molar-refractivity contribution in [3.63, 3.8) is 0 Å². The summed E-state index contributed by atoms with van der Waals surface area (Å²) >= 11 is 3.47. The number of tetrazole rings is 1. The average Bonchev–Trinajstić information content (AvgIpc) is 2.89. The number of aryl methyl sites for hydroxylation is 1. The Morgan fingerprint density at radius 1 is 1.40 bits per heavy atom. The molecule has 0 bridgehead atoms. The van der Waals surface area contributed by atoms with Gasteiger partial charge in [-0.1, -0.05) is 28.1 Å². The number of aliphatic carboxylic acids is 1. The first-order chi connectivity index (χ1) is 9.41. The Bertz CT molecular complexity index is 641. The van der Waals surface area contributed by atoms with Gasteiger partial charge in [0.05, 0.1) is 12.0 Å². The van der Waals surface area contributed by atoms with Crippen molar-refractivity contribution in [2.24, 2.45) is 5.92 Å². The van der Waals surface area contributed by atoms with E-state index in [0.29, 0.717) is 5.82 Å². The van der Waals surface area contributed by atoms with Crippen molar-refractivity contribution >= 4 is 21.9 Å². The zero-order valence-corrected chi connectivity index (χ0v) is 13.0. The SMILES string of the molecule is Cc1ccc(-c2nnnn2C(C)C(C)C(=O)O)cc1Br. The van der Waals surface area contributed by atoms with Gasteiger partial charge in [-0.2, -0.15) is 0 Å². The maximum atomic E-state index is 11.1. The molecule has 0 spiro atoms. The summed E-state index contributed by atoms with van der Waals surface area (Å²) in [4.78, 5) is 11.1. The number of nitrogens with zero attached hydrogens (tertiary/aromatic N) is 4. The molecule has 1 N–H and O–H groups in total. The van der Waals surface area contributed by atoms with E-state index in [0.717, 1.165) is 15.6 Å². The van der Waals surface area contributed by atoms with Gasteiger partial charge in [0.15, 0.2) is 5.82 Å². The lowest BCUT2D eigenvalue weighted by Crippen LogP contribution is -2.23. The molecule has 106 valence electrons. The molecule has 0 aliphatic heterocycles. The van der Waals surface area contributed by atoms with Crippen LogP contribution < -0.4 is 0 Å². The van der Waals surface area contributed by atoms with Crippen molar-refractivity contribution in [2.75, 3.05) is 0 Å². The Labute approximate surface area is 124 Å². The van der Waals surface area contributed by atoms with E-state index in [-0.39, 0.29) is 6.04 Å². The Kier molecular flexibility index (Phi) is 4.17. The van der Waals surface area contributed by atoms with E-state index < -0.39 is 11.9 Å². The standard InChI is InChI=1S/C13H15BrN4O2/c1-7-4-5-10(6-11(7)14)12-15-16-17-18(12)9(3)8(2)13(19)20/h4-6,8-9H,1-3H3,(H,19,20). The van der Waals surface area contributed by atoms with Gasteiger partial charge in [0.25, 0.3) is 0 Å². The summed E-state index contributed by atoms with van der Waals surface area (Å²) in [6.45, 7) is 5.43. The molecule has 1 aromatic heterocycles. The quantitative estimate of drug-likeness (QED) is 0.926. The Balaban J connectivity index is 2.42. The molecular formula is C13H15BrN4O2. The van der Waals surface area contributed by atoms with Gasteiger partial charge in [-0.3, -0.25) is 4.79 Å². The molecule has 0 saturated carbocycles. The number of rotatable bonds is 4. The third-order valence-electron chi connectivity index (χ3n) is 3.42. The van der Waals surface area contributed by atoms with Gasteiger partial charge in [-0.15, -0.1) is 5.10 Å². The van der Waals surface area contributed by atoms with E-state index in [9.17, 15) is 4.79 Å². The monoisotopic (exact) mass is 338 g/mol. The van der Waals surface area contributed by atoms with Crippen LogP contribution in [0.3, 0.4) is 0 Å². The highest BCUT2D eigenvalue weighted by molar-refractivity contribution is 9.10. The fourth-order valence-corrected chi connectivity index (χ4v) is 2.19. The van der Waals surface area contributed by atoms with Crippen molar-refractivity contribution < 1.29 is 9.90 Å². The minimum Gasteiger partial charge on any atom is -0.481 e. The summed E-state index contributed by atoms with van der Waals surface area (Å²) in [5.74, 6) is -0.888. The molecule has 0 aliphatic rings. The van der Waals surface area contributed by atoms with Crippen molar-refractivity contribution in [2.45, 2.75) is 26.8 Å². The molecule has 6 nitrogen and oxygen atoms in total. The number of carbonyl (C=O) groups is 1. The summed E-state index contributed by atoms with van der Waals surface area (Å²) in [6, 6.07) is 5.47. The van der Waals surface area contributed by atoms with Crippen LogP contribution in [-0.4, -0.2) is 31.3 Å². The number of hydrogen-bond acceptors (Lipinski definition) is 4. The molecule has 0 fully saturated rings. The fourth-order valence-electron chi connectivity index (χ4n) is 1.81. The first-order valence-corrected chi connectivity index (χ1v) is 6.98. The second-order valence-electron chi connectivity index (χ2n) is 4.78. The van der Waals surface area contributed by atoms with E-state index >= 15 is 0 Å². The number of hydrogen-bond donors (Lipinski definition) is 1. The Morgan fingerprint density at radius 2 is 2.10 bits per heavy atom. The molecule has 0 saturated heterocycles. The maximum absolute atomic E-state index is 11.1. The van der Waals surface area contributed by atoms with Gasteiger partial charge in [0, 0.05) is 10.0 Å². The van der Waals surface area contributed by atoms with Crippen molar-refractivity contribution in [1.82, 2.24) is 20.2 Å². The lowest BCUT2D eigenvalue weighted by molar-refractivity contribution is -0.142. The van der Waals surface area contributed by atoms with Crippen LogP contribution in [0.4, 0.5) is 0 Å². The molecular weight excluding hydrogens is 324 g/mol. The number of carboxylic acid groups (broad SMARTS) is 1. The van der Waals surface area contributed by atoms with Crippen LogP contribution in [0.15, 0.2) is 22.7 Å². The second kappa shape index (κ2) is 5.70. The Hall–Kier alpha value is -1.76. The molecule has 0 radical (unpaired) electrons. The first-order valence-electron chi connectivity index (χ1n) is 6.19. The fraction of sp³-hybridized carbons (Fsp3) is 0.385. The van der Waals surface area contributed by atoms with E-state index in [1.54, 1.807) is 18.5 Å². The number of benzene rings is 1. The second-order valence-corrected chi connectivity index (χ2v) is 5.63. The Morgan fingerprint density at radius 3 is 2.70 bits per heavy atom. The van der Waals surface area contributed by atoms with E-state index in [1.807, 2.05) is 25.1 Å². The normalized spacial score (nSPS) is 14.0. The van der Waals surface area contributed by atoms with Gasteiger partial charge < -0.3 is 5.11 Å². The van der Waals surface area contributed by atoms with Gasteiger partial charge in [-0.25, -0.2) is 4.68 Å². The third-order valence-corrected chi connectivity index (χ3v) is 4.28. The smallest absolute Gasteiger partial charge is 0.308 e. The van der Waals surface area contributed by atoms with Crippen molar-refractivity contribution in [1.29, 1.82) is 0 Å². The summed E-state index contributed by atoms with van der Waals surface area (Å²) < 4.78 is 2.51. The van der Waals surface area contributed by atoms with Crippen LogP contribution in [0, 0.1) is 12.8 Å². The number of halogens is 1. The van der Waals surface area contributed by atoms with Crippen molar-refractivity contribution in [3.8, 4) is 11.4 Å². The van der Waals surface area contributed by atoms with Crippen LogP contribution >= 0.6 is 15.9 Å². The molecule has 2 rings (SSSR count). The highest BCUT2D eigenvalue weighted by atomic mass is 79.9. The predicted molar refractivity (Wildman–Crippen MR) is 77.2 cm³/mol. The summed E-state index contributed by atoms with van der Waals surface area (Å²) in [5.41, 5.74) is 1.96. The minimum atomic E-state index is -0.871. The lowest BCUT2D eigenvalue weighted by atomic mass is 10.0. The van der Waals surface area contributed by atoms with Gasteiger partial charge >= 0.3 is 5.97 Å². The molecule has 1 aromatic carbocycles. The summed E-state index contributed by atoms with van der Waals surface area (Å²) in [6.07, 6.45) is 0. The molecule has 7 heteroatoms. The van der Waals surface area contributed by atoms with Crippen LogP contribution in [-0.2, 0) is 4.79 Å². The molecule has 2 atom stereocenters. The van der Waals surface area contributed by atoms with Crippen LogP contribution in [0.2, 0.25) is 0 Å². The molecule has 2 unspecified atom stereocenters. The van der Waals surface area contributed by atoms with Gasteiger partial charge in [0.2, 0.25) is 0 Å². The van der Waals surface area contributed by atoms with Crippen molar-refractivity contribution in [3.05, 3.63) is 28.2 Å². The first kappa shape index (κ1) is 14.6. The molecule has 0 amide bonds. The zero-order valence-electron chi connectivity index (χ0n) is 11.4. The lowest BCUT2D eigenvalue weighted by Gasteiger charge is -2.17. The van der Waals surface area contributed by atoms with Crippen LogP contribution in [0.1, 0.15) is 25.5 Å². The van der Waals surface area contributed by atoms with Crippen LogP contribution in [0.25, 0.3) is 11.4 Å². The molecule has 1 heterocycles. The van der Waals surface area contributed by atoms with E-state index in [1.165, 1.54) is 0 Å². The zero-order chi connectivity index (χ0) is 14.9. The molecule has 2 aromatic rings.